The van der Waals surface area contributed by atoms with E-state index in [0.717, 1.165) is 6.42 Å². The third-order valence-corrected chi connectivity index (χ3v) is 2.96. The molecule has 104 valence electrons. The first-order valence-corrected chi connectivity index (χ1v) is 6.36. The van der Waals surface area contributed by atoms with Crippen molar-refractivity contribution in [3.63, 3.8) is 0 Å². The maximum Gasteiger partial charge on any atom is 0.340 e. The van der Waals surface area contributed by atoms with Gasteiger partial charge in [0.15, 0.2) is 0 Å². The summed E-state index contributed by atoms with van der Waals surface area (Å²) in [4.78, 5) is 11.4. The molecule has 20 heavy (non-hydrogen) atoms. The fraction of sp³-hybridized carbons (Fsp3) is 0.188. The molecule has 0 fully saturated rings. The van der Waals surface area contributed by atoms with E-state index in [1.807, 2.05) is 30.3 Å². The number of rotatable bonds is 5. The van der Waals surface area contributed by atoms with Crippen LogP contribution in [0.5, 0.6) is 0 Å². The second kappa shape index (κ2) is 6.70. The predicted octanol–water partition coefficient (Wildman–Crippen LogP) is 3.27. The molecule has 0 heterocycles. The summed E-state index contributed by atoms with van der Waals surface area (Å²) in [6.45, 7) is 0.705. The first-order chi connectivity index (χ1) is 9.70. The minimum Gasteiger partial charge on any atom is -0.465 e. The summed E-state index contributed by atoms with van der Waals surface area (Å²) in [5.41, 5.74) is 1.86. The fourth-order valence-corrected chi connectivity index (χ4v) is 1.90. The highest BCUT2D eigenvalue weighted by Crippen LogP contribution is 2.15. The van der Waals surface area contributed by atoms with Gasteiger partial charge < -0.3 is 10.1 Å². The Hall–Kier alpha value is -2.36. The summed E-state index contributed by atoms with van der Waals surface area (Å²) in [7, 11) is 1.23. The standard InChI is InChI=1S/C16H16FNO2/c1-20-16(19)14-11-13(7-8-15(14)17)18-10-9-12-5-3-2-4-6-12/h2-8,11,18H,9-10H2,1H3. The molecule has 0 unspecified atom stereocenters. The van der Waals surface area contributed by atoms with E-state index in [9.17, 15) is 9.18 Å². The van der Waals surface area contributed by atoms with Crippen LogP contribution in [0.3, 0.4) is 0 Å². The van der Waals surface area contributed by atoms with Gasteiger partial charge in [-0.25, -0.2) is 9.18 Å². The number of hydrogen-bond donors (Lipinski definition) is 1. The molecule has 0 spiro atoms. The maximum atomic E-state index is 13.5. The second-order valence-corrected chi connectivity index (χ2v) is 4.35. The zero-order valence-corrected chi connectivity index (χ0v) is 11.2. The molecular formula is C16H16FNO2. The number of benzene rings is 2. The van der Waals surface area contributed by atoms with Crippen LogP contribution in [0, 0.1) is 5.82 Å². The van der Waals surface area contributed by atoms with Crippen molar-refractivity contribution in [2.24, 2.45) is 0 Å². The third-order valence-electron chi connectivity index (χ3n) is 2.96. The summed E-state index contributed by atoms with van der Waals surface area (Å²) >= 11 is 0. The monoisotopic (exact) mass is 273 g/mol. The van der Waals surface area contributed by atoms with Gasteiger partial charge in [-0.05, 0) is 30.2 Å². The van der Waals surface area contributed by atoms with E-state index < -0.39 is 11.8 Å². The molecule has 0 atom stereocenters. The average molecular weight is 273 g/mol. The number of carbonyl (C=O) groups excluding carboxylic acids is 1. The molecule has 2 aromatic carbocycles. The molecule has 0 amide bonds. The van der Waals surface area contributed by atoms with Crippen LogP contribution in [0.4, 0.5) is 10.1 Å². The largest absolute Gasteiger partial charge is 0.465 e. The van der Waals surface area contributed by atoms with Crippen molar-refractivity contribution in [3.8, 4) is 0 Å². The predicted molar refractivity (Wildman–Crippen MR) is 76.4 cm³/mol. The van der Waals surface area contributed by atoms with Crippen molar-refractivity contribution in [1.29, 1.82) is 0 Å². The van der Waals surface area contributed by atoms with Crippen LogP contribution < -0.4 is 5.32 Å². The molecule has 1 N–H and O–H groups in total. The van der Waals surface area contributed by atoms with Crippen LogP contribution in [0.15, 0.2) is 48.5 Å². The third kappa shape index (κ3) is 3.57. The van der Waals surface area contributed by atoms with Crippen LogP contribution >= 0.6 is 0 Å². The lowest BCUT2D eigenvalue weighted by atomic mass is 10.1. The molecule has 0 radical (unpaired) electrons. The molecule has 0 aromatic heterocycles. The van der Waals surface area contributed by atoms with Crippen LogP contribution in [0.2, 0.25) is 0 Å². The van der Waals surface area contributed by atoms with E-state index in [2.05, 4.69) is 10.1 Å². The highest BCUT2D eigenvalue weighted by molar-refractivity contribution is 5.90. The molecule has 0 aliphatic carbocycles. The van der Waals surface area contributed by atoms with E-state index in [1.165, 1.54) is 24.8 Å². The van der Waals surface area contributed by atoms with Crippen molar-refractivity contribution in [2.45, 2.75) is 6.42 Å². The van der Waals surface area contributed by atoms with Gasteiger partial charge in [-0.1, -0.05) is 30.3 Å². The first-order valence-electron chi connectivity index (χ1n) is 6.36. The Morgan fingerprint density at radius 1 is 1.20 bits per heavy atom. The number of hydrogen-bond acceptors (Lipinski definition) is 3. The van der Waals surface area contributed by atoms with E-state index in [4.69, 9.17) is 0 Å². The van der Waals surface area contributed by atoms with E-state index in [0.29, 0.717) is 12.2 Å². The van der Waals surface area contributed by atoms with Crippen molar-refractivity contribution < 1.29 is 13.9 Å². The molecule has 4 heteroatoms. The van der Waals surface area contributed by atoms with Gasteiger partial charge >= 0.3 is 5.97 Å². The van der Waals surface area contributed by atoms with Crippen LogP contribution in [0.25, 0.3) is 0 Å². The van der Waals surface area contributed by atoms with Crippen molar-refractivity contribution in [2.75, 3.05) is 19.0 Å². The molecule has 2 aromatic rings. The molecule has 3 nitrogen and oxygen atoms in total. The Kier molecular flexibility index (Phi) is 4.71. The number of carbonyl (C=O) groups is 1. The lowest BCUT2D eigenvalue weighted by Gasteiger charge is -2.08. The lowest BCUT2D eigenvalue weighted by molar-refractivity contribution is 0.0595. The smallest absolute Gasteiger partial charge is 0.340 e. The Morgan fingerprint density at radius 2 is 1.95 bits per heavy atom. The average Bonchev–Trinajstić information content (AvgIpc) is 2.49. The number of halogens is 1. The summed E-state index contributed by atoms with van der Waals surface area (Å²) in [5.74, 6) is -1.25. The highest BCUT2D eigenvalue weighted by atomic mass is 19.1. The summed E-state index contributed by atoms with van der Waals surface area (Å²) < 4.78 is 18.0. The summed E-state index contributed by atoms with van der Waals surface area (Å²) in [6, 6.07) is 14.4. The van der Waals surface area contributed by atoms with Gasteiger partial charge in [0.05, 0.1) is 12.7 Å². The van der Waals surface area contributed by atoms with Gasteiger partial charge in [0.1, 0.15) is 5.82 Å². The Balaban J connectivity index is 1.98. The molecule has 2 rings (SSSR count). The Bertz CT molecular complexity index is 584. The molecule has 0 aliphatic rings. The number of methoxy groups -OCH3 is 1. The van der Waals surface area contributed by atoms with Gasteiger partial charge in [-0.2, -0.15) is 0 Å². The molecule has 0 saturated carbocycles. The van der Waals surface area contributed by atoms with Crippen LogP contribution in [0.1, 0.15) is 15.9 Å². The SMILES string of the molecule is COC(=O)c1cc(NCCc2ccccc2)ccc1F. The van der Waals surface area contributed by atoms with E-state index in [1.54, 1.807) is 6.07 Å². The normalized spacial score (nSPS) is 10.1. The Morgan fingerprint density at radius 3 is 2.65 bits per heavy atom. The topological polar surface area (TPSA) is 38.3 Å². The minimum absolute atomic E-state index is 0.0581. The van der Waals surface area contributed by atoms with Gasteiger partial charge in [0.2, 0.25) is 0 Å². The van der Waals surface area contributed by atoms with Gasteiger partial charge in [0, 0.05) is 12.2 Å². The van der Waals surface area contributed by atoms with E-state index >= 15 is 0 Å². The van der Waals surface area contributed by atoms with Crippen LogP contribution in [-0.2, 0) is 11.2 Å². The summed E-state index contributed by atoms with van der Waals surface area (Å²) in [5, 5.41) is 3.17. The van der Waals surface area contributed by atoms with Gasteiger partial charge in [-0.15, -0.1) is 0 Å². The van der Waals surface area contributed by atoms with Crippen molar-refractivity contribution in [1.82, 2.24) is 0 Å². The quantitative estimate of drug-likeness (QED) is 0.850. The number of anilines is 1. The first kappa shape index (κ1) is 14.1. The Labute approximate surface area is 117 Å². The molecule has 0 bridgehead atoms. The maximum absolute atomic E-state index is 13.5. The van der Waals surface area contributed by atoms with Crippen molar-refractivity contribution >= 4 is 11.7 Å². The fourth-order valence-electron chi connectivity index (χ4n) is 1.90. The molecule has 0 aliphatic heterocycles. The van der Waals surface area contributed by atoms with Crippen LogP contribution in [-0.4, -0.2) is 19.6 Å². The minimum atomic E-state index is -0.672. The van der Waals surface area contributed by atoms with Gasteiger partial charge in [0.25, 0.3) is 0 Å². The second-order valence-electron chi connectivity index (χ2n) is 4.35. The van der Waals surface area contributed by atoms with E-state index in [-0.39, 0.29) is 5.56 Å². The van der Waals surface area contributed by atoms with Gasteiger partial charge in [-0.3, -0.25) is 0 Å². The zero-order chi connectivity index (χ0) is 14.4. The number of nitrogens with one attached hydrogen (secondary N) is 1. The highest BCUT2D eigenvalue weighted by Gasteiger charge is 2.12. The van der Waals surface area contributed by atoms with Crippen molar-refractivity contribution in [3.05, 3.63) is 65.5 Å². The molecular weight excluding hydrogens is 257 g/mol. The molecule has 0 saturated heterocycles. The summed E-state index contributed by atoms with van der Waals surface area (Å²) in [6.07, 6.45) is 0.853. The zero-order valence-electron chi connectivity index (χ0n) is 11.2. The number of esters is 1. The number of ether oxygens (including phenoxy) is 1. The lowest BCUT2D eigenvalue weighted by Crippen LogP contribution is -2.08.